The van der Waals surface area contributed by atoms with Gasteiger partial charge < -0.3 is 10.1 Å². The van der Waals surface area contributed by atoms with Crippen LogP contribution in [-0.4, -0.2) is 31.7 Å². The first-order valence-electron chi connectivity index (χ1n) is 9.26. The molecule has 1 atom stereocenters. The van der Waals surface area contributed by atoms with Crippen LogP contribution in [0.4, 0.5) is 0 Å². The summed E-state index contributed by atoms with van der Waals surface area (Å²) in [5.74, 6) is 0.985. The Morgan fingerprint density at radius 1 is 1.26 bits per heavy atom. The predicted molar refractivity (Wildman–Crippen MR) is 110 cm³/mol. The molecule has 2 aliphatic rings. The van der Waals surface area contributed by atoms with E-state index in [0.717, 1.165) is 18.1 Å². The fourth-order valence-electron chi connectivity index (χ4n) is 4.07. The van der Waals surface area contributed by atoms with Gasteiger partial charge in [-0.15, -0.1) is 0 Å². The number of carbonyl (C=O) groups is 1. The third-order valence-electron chi connectivity index (χ3n) is 5.26. The van der Waals surface area contributed by atoms with Crippen LogP contribution >= 0.6 is 11.6 Å². The van der Waals surface area contributed by atoms with Crippen LogP contribution in [-0.2, 0) is 9.53 Å². The summed E-state index contributed by atoms with van der Waals surface area (Å²) in [5, 5.41) is 4.29. The highest BCUT2D eigenvalue weighted by molar-refractivity contribution is 6.30. The highest BCUT2D eigenvalue weighted by Gasteiger charge is 2.32. The molecule has 4 nitrogen and oxygen atoms in total. The normalized spacial score (nSPS) is 18.8. The Balaban J connectivity index is 0.000000481. The molecule has 0 radical (unpaired) electrons. The number of piperidine rings is 1. The van der Waals surface area contributed by atoms with E-state index in [4.69, 9.17) is 21.4 Å². The van der Waals surface area contributed by atoms with Crippen LogP contribution in [0.5, 0.6) is 0 Å². The molecule has 1 N–H and O–H groups in total. The lowest BCUT2D eigenvalue weighted by Crippen LogP contribution is -2.32. The lowest BCUT2D eigenvalue weighted by Gasteiger charge is -2.32. The lowest BCUT2D eigenvalue weighted by atomic mass is 9.76. The quantitative estimate of drug-likeness (QED) is 0.773. The molecule has 5 heteroatoms. The van der Waals surface area contributed by atoms with Crippen LogP contribution in [0, 0.1) is 5.92 Å². The number of methoxy groups -OCH3 is 1. The Bertz CT molecular complexity index is 829. The maximum absolute atomic E-state index is 8.95. The van der Waals surface area contributed by atoms with Crippen molar-refractivity contribution in [3.8, 4) is 0 Å². The number of nitrogens with zero attached hydrogens (tertiary/aromatic N) is 1. The number of fused-ring (bicyclic) bond motifs is 2. The molecule has 1 fully saturated rings. The number of halogens is 1. The minimum Gasteiger partial charge on any atom is -0.471 e. The second-order valence-electron chi connectivity index (χ2n) is 6.93. The second kappa shape index (κ2) is 9.16. The van der Waals surface area contributed by atoms with Gasteiger partial charge >= 0.3 is 0 Å². The van der Waals surface area contributed by atoms with Gasteiger partial charge in [0.05, 0.1) is 12.8 Å². The topological polar surface area (TPSA) is 51.2 Å². The van der Waals surface area contributed by atoms with E-state index in [0.29, 0.717) is 18.3 Å². The number of rotatable bonds is 2. The number of ether oxygens (including phenoxy) is 1. The maximum atomic E-state index is 8.95. The second-order valence-corrected chi connectivity index (χ2v) is 7.37. The number of aromatic nitrogens is 1. The molecule has 0 bridgehead atoms. The zero-order valence-electron chi connectivity index (χ0n) is 15.7. The van der Waals surface area contributed by atoms with Gasteiger partial charge in [-0.25, -0.2) is 0 Å². The number of hydrogen-bond acceptors (Lipinski definition) is 4. The maximum Gasteiger partial charge on any atom is 0.292 e. The Labute approximate surface area is 165 Å². The molecule has 0 amide bonds. The average Bonchev–Trinajstić information content (AvgIpc) is 2.83. The van der Waals surface area contributed by atoms with Crippen LogP contribution < -0.4 is 5.32 Å². The van der Waals surface area contributed by atoms with Crippen molar-refractivity contribution in [2.75, 3.05) is 20.2 Å². The van der Waals surface area contributed by atoms with Crippen LogP contribution in [0.15, 0.2) is 36.5 Å². The van der Waals surface area contributed by atoms with Crippen molar-refractivity contribution in [1.82, 2.24) is 10.3 Å². The molecule has 27 heavy (non-hydrogen) atoms. The van der Waals surface area contributed by atoms with Crippen LogP contribution in [0.1, 0.15) is 48.1 Å². The van der Waals surface area contributed by atoms with E-state index in [1.165, 1.54) is 47.9 Å². The van der Waals surface area contributed by atoms with Gasteiger partial charge in [0.25, 0.3) is 6.47 Å². The van der Waals surface area contributed by atoms with Gasteiger partial charge in [0.2, 0.25) is 0 Å². The van der Waals surface area contributed by atoms with Crippen LogP contribution in [0.25, 0.3) is 11.6 Å². The first-order chi connectivity index (χ1) is 13.2. The van der Waals surface area contributed by atoms with E-state index < -0.39 is 0 Å². The molecule has 1 aliphatic heterocycles. The van der Waals surface area contributed by atoms with Crippen molar-refractivity contribution in [2.24, 2.45) is 5.92 Å². The highest BCUT2D eigenvalue weighted by Crippen LogP contribution is 2.43. The fourth-order valence-corrected chi connectivity index (χ4v) is 4.24. The monoisotopic (exact) mass is 384 g/mol. The summed E-state index contributed by atoms with van der Waals surface area (Å²) in [6.07, 6.45) is 6.58. The molecule has 0 saturated carbocycles. The molecule has 1 unspecified atom stereocenters. The van der Waals surface area contributed by atoms with Gasteiger partial charge in [0.1, 0.15) is 0 Å². The van der Waals surface area contributed by atoms with Crippen LogP contribution in [0.3, 0.4) is 0 Å². The zero-order chi connectivity index (χ0) is 19.2. The third-order valence-corrected chi connectivity index (χ3v) is 5.50. The summed E-state index contributed by atoms with van der Waals surface area (Å²) < 4.78 is 3.86. The van der Waals surface area contributed by atoms with Gasteiger partial charge in [-0.05, 0) is 85.3 Å². The van der Waals surface area contributed by atoms with Gasteiger partial charge in [-0.2, -0.15) is 0 Å². The number of pyridine rings is 1. The first kappa shape index (κ1) is 19.6. The number of hydrogen-bond donors (Lipinski definition) is 1. The number of benzene rings is 1. The minimum absolute atomic E-state index is 0.356. The summed E-state index contributed by atoms with van der Waals surface area (Å²) in [6, 6.07) is 10.6. The summed E-state index contributed by atoms with van der Waals surface area (Å²) >= 11 is 6.29. The third kappa shape index (κ3) is 4.40. The average molecular weight is 385 g/mol. The van der Waals surface area contributed by atoms with E-state index in [-0.39, 0.29) is 0 Å². The molecule has 1 aromatic heterocycles. The minimum atomic E-state index is 0.356. The molecule has 142 valence electrons. The Morgan fingerprint density at radius 2 is 2.00 bits per heavy atom. The number of carbonyl (C=O) groups excluding carboxylic acids is 1. The van der Waals surface area contributed by atoms with E-state index in [9.17, 15) is 0 Å². The predicted octanol–water partition coefficient (Wildman–Crippen LogP) is 4.53. The molecule has 4 rings (SSSR count). The van der Waals surface area contributed by atoms with Crippen molar-refractivity contribution >= 4 is 29.7 Å². The Hall–Kier alpha value is -2.17. The first-order valence-corrected chi connectivity index (χ1v) is 9.63. The smallest absolute Gasteiger partial charge is 0.292 e. The lowest BCUT2D eigenvalue weighted by molar-refractivity contribution is -0.126. The largest absolute Gasteiger partial charge is 0.471 e. The van der Waals surface area contributed by atoms with Crippen molar-refractivity contribution in [3.63, 3.8) is 0 Å². The van der Waals surface area contributed by atoms with Crippen molar-refractivity contribution in [1.29, 1.82) is 0 Å². The Morgan fingerprint density at radius 3 is 2.70 bits per heavy atom. The van der Waals surface area contributed by atoms with E-state index in [2.05, 4.69) is 41.3 Å². The molecule has 2 aromatic rings. The van der Waals surface area contributed by atoms with E-state index >= 15 is 0 Å². The molecule has 1 saturated heterocycles. The number of nitrogens with one attached hydrogen (secondary N) is 1. The Kier molecular flexibility index (Phi) is 6.64. The molecule has 1 aliphatic carbocycles. The standard InChI is InChI=1S/C20H21ClN2.C2H4O2/c1-13-11-15-3-2-8-23-20(15)19(14-6-9-22-10-7-14)17-5-4-16(21)12-18(13)17;1-4-2-3/h2-5,8,11-12,14,19,22H,6-7,9-10H2,1H3;2H,1H3. The summed E-state index contributed by atoms with van der Waals surface area (Å²) in [7, 11) is 1.31. The molecular weight excluding hydrogens is 360 g/mol. The van der Waals surface area contributed by atoms with Gasteiger partial charge in [-0.1, -0.05) is 23.7 Å². The van der Waals surface area contributed by atoms with Gasteiger partial charge in [-0.3, -0.25) is 9.78 Å². The molecule has 1 aromatic carbocycles. The van der Waals surface area contributed by atoms with Crippen molar-refractivity contribution < 1.29 is 9.53 Å². The summed E-state index contributed by atoms with van der Waals surface area (Å²) in [5.41, 5.74) is 6.40. The SMILES string of the molecule is CC1=Cc2cccnc2C(C2CCNCC2)c2ccc(Cl)cc21.COC=O. The van der Waals surface area contributed by atoms with Crippen molar-refractivity contribution in [3.05, 3.63) is 63.9 Å². The van der Waals surface area contributed by atoms with E-state index in [1.54, 1.807) is 0 Å². The van der Waals surface area contributed by atoms with Crippen molar-refractivity contribution in [2.45, 2.75) is 25.7 Å². The molecule has 0 spiro atoms. The highest BCUT2D eigenvalue weighted by atomic mass is 35.5. The summed E-state index contributed by atoms with van der Waals surface area (Å²) in [6.45, 7) is 4.74. The summed E-state index contributed by atoms with van der Waals surface area (Å²) in [4.78, 5) is 13.7. The fraction of sp³-hybridized carbons (Fsp3) is 0.364. The zero-order valence-corrected chi connectivity index (χ0v) is 16.5. The van der Waals surface area contributed by atoms with Gasteiger partial charge in [0.15, 0.2) is 0 Å². The molecule has 2 heterocycles. The molecular formula is C22H25ClN2O2. The number of allylic oxidation sites excluding steroid dienone is 1. The van der Waals surface area contributed by atoms with E-state index in [1.807, 2.05) is 18.3 Å². The van der Waals surface area contributed by atoms with Crippen LogP contribution in [0.2, 0.25) is 5.02 Å². The van der Waals surface area contributed by atoms with Gasteiger partial charge in [0, 0.05) is 17.1 Å².